The molecule has 0 radical (unpaired) electrons. The fraction of sp³-hybridized carbons (Fsp3) is 0.471. The average molecular weight is 358 g/mol. The molecule has 0 aliphatic heterocycles. The molecule has 2 rings (SSSR count). The molecule has 8 heteroatoms. The molecule has 0 aliphatic rings. The van der Waals surface area contributed by atoms with Crippen LogP contribution in [0, 0.1) is 18.3 Å². The Bertz CT molecular complexity index is 749. The Morgan fingerprint density at radius 3 is 2.60 bits per heavy atom. The summed E-state index contributed by atoms with van der Waals surface area (Å²) in [5.41, 5.74) is 1.91. The van der Waals surface area contributed by atoms with Crippen LogP contribution >= 0.6 is 11.8 Å². The van der Waals surface area contributed by atoms with Gasteiger partial charge in [0, 0.05) is 12.2 Å². The van der Waals surface area contributed by atoms with Gasteiger partial charge in [0.25, 0.3) is 0 Å². The van der Waals surface area contributed by atoms with E-state index in [2.05, 4.69) is 21.6 Å². The fourth-order valence-electron chi connectivity index (χ4n) is 2.27. The molecule has 1 atom stereocenters. The molecule has 0 unspecified atom stereocenters. The molecule has 0 aliphatic carbocycles. The lowest BCUT2D eigenvalue weighted by Gasteiger charge is -2.25. The second-order valence-corrected chi connectivity index (χ2v) is 7.30. The number of anilines is 1. The summed E-state index contributed by atoms with van der Waals surface area (Å²) in [5, 5.41) is 20.8. The van der Waals surface area contributed by atoms with Crippen molar-refractivity contribution in [2.75, 3.05) is 11.4 Å². The number of thioether (sulfide) groups is 1. The minimum absolute atomic E-state index is 0.0672. The number of carbonyl (C=O) groups is 1. The van der Waals surface area contributed by atoms with Crippen molar-refractivity contribution in [3.8, 4) is 6.07 Å². The number of tetrazole rings is 1. The molecule has 0 N–H and O–H groups in total. The van der Waals surface area contributed by atoms with Crippen LogP contribution in [0.3, 0.4) is 0 Å². The lowest BCUT2D eigenvalue weighted by atomic mass is 10.2. The van der Waals surface area contributed by atoms with Crippen LogP contribution in [0.15, 0.2) is 29.4 Å². The predicted molar refractivity (Wildman–Crippen MR) is 97.3 cm³/mol. The van der Waals surface area contributed by atoms with Gasteiger partial charge < -0.3 is 4.90 Å². The van der Waals surface area contributed by atoms with E-state index in [1.807, 2.05) is 52.0 Å². The number of nitrogens with zero attached hydrogens (tertiary/aromatic N) is 6. The first kappa shape index (κ1) is 18.9. The second kappa shape index (κ2) is 8.62. The molecule has 0 fully saturated rings. The summed E-state index contributed by atoms with van der Waals surface area (Å²) in [4.78, 5) is 14.6. The Kier molecular flexibility index (Phi) is 6.53. The lowest BCUT2D eigenvalue weighted by Crippen LogP contribution is -2.37. The molecule has 0 saturated heterocycles. The van der Waals surface area contributed by atoms with Crippen LogP contribution in [0.4, 0.5) is 5.69 Å². The summed E-state index contributed by atoms with van der Waals surface area (Å²) in [7, 11) is 0. The van der Waals surface area contributed by atoms with E-state index in [-0.39, 0.29) is 23.6 Å². The second-order valence-electron chi connectivity index (χ2n) is 5.99. The van der Waals surface area contributed by atoms with E-state index in [1.54, 1.807) is 9.58 Å². The van der Waals surface area contributed by atoms with Crippen molar-refractivity contribution in [2.24, 2.45) is 0 Å². The zero-order valence-electron chi connectivity index (χ0n) is 14.9. The molecule has 1 aromatic heterocycles. The highest BCUT2D eigenvalue weighted by atomic mass is 32.2. The van der Waals surface area contributed by atoms with E-state index in [4.69, 9.17) is 5.26 Å². The topological polar surface area (TPSA) is 87.7 Å². The Balaban J connectivity index is 2.18. The Labute approximate surface area is 152 Å². The average Bonchev–Trinajstić information content (AvgIpc) is 3.04. The number of aromatic nitrogens is 4. The zero-order chi connectivity index (χ0) is 18.4. The molecule has 25 heavy (non-hydrogen) atoms. The molecule has 7 nitrogen and oxygen atoms in total. The van der Waals surface area contributed by atoms with E-state index < -0.39 is 0 Å². The Morgan fingerprint density at radius 1 is 1.32 bits per heavy atom. The van der Waals surface area contributed by atoms with Crippen molar-refractivity contribution in [1.82, 2.24) is 20.2 Å². The van der Waals surface area contributed by atoms with Crippen molar-refractivity contribution in [3.05, 3.63) is 29.8 Å². The van der Waals surface area contributed by atoms with Gasteiger partial charge in [0.15, 0.2) is 0 Å². The number of benzene rings is 1. The van der Waals surface area contributed by atoms with Crippen LogP contribution in [0.25, 0.3) is 0 Å². The minimum Gasteiger partial charge on any atom is -0.310 e. The SMILES string of the molecule is Cc1ccc(N(CCC#N)C(=O)[C@H](C)Sc2nnnn2C(C)C)cc1. The third-order valence-corrected chi connectivity index (χ3v) is 4.68. The predicted octanol–water partition coefficient (Wildman–Crippen LogP) is 2.99. The third-order valence-electron chi connectivity index (χ3n) is 3.64. The largest absolute Gasteiger partial charge is 0.310 e. The van der Waals surface area contributed by atoms with Gasteiger partial charge in [-0.15, -0.1) is 5.10 Å². The maximum atomic E-state index is 13.0. The number of hydrogen-bond acceptors (Lipinski definition) is 6. The van der Waals surface area contributed by atoms with Gasteiger partial charge in [0.05, 0.1) is 23.8 Å². The lowest BCUT2D eigenvalue weighted by molar-refractivity contribution is -0.117. The monoisotopic (exact) mass is 358 g/mol. The summed E-state index contributed by atoms with van der Waals surface area (Å²) in [6, 6.07) is 9.94. The number of carbonyl (C=O) groups excluding carboxylic acids is 1. The van der Waals surface area contributed by atoms with Gasteiger partial charge in [-0.05, 0) is 50.3 Å². The van der Waals surface area contributed by atoms with E-state index in [9.17, 15) is 4.79 Å². The van der Waals surface area contributed by atoms with Crippen molar-refractivity contribution in [1.29, 1.82) is 5.26 Å². The summed E-state index contributed by atoms with van der Waals surface area (Å²) < 4.78 is 1.69. The van der Waals surface area contributed by atoms with Crippen LogP contribution in [-0.4, -0.2) is 37.9 Å². The van der Waals surface area contributed by atoms with Crippen molar-refractivity contribution in [3.63, 3.8) is 0 Å². The van der Waals surface area contributed by atoms with Crippen molar-refractivity contribution >= 4 is 23.4 Å². The first-order chi connectivity index (χ1) is 11.9. The van der Waals surface area contributed by atoms with Gasteiger partial charge in [0.2, 0.25) is 11.1 Å². The molecule has 0 bridgehead atoms. The molecular formula is C17H22N6OS. The fourth-order valence-corrected chi connectivity index (χ4v) is 3.25. The summed E-state index contributed by atoms with van der Waals surface area (Å²) in [6.07, 6.45) is 0.279. The van der Waals surface area contributed by atoms with E-state index >= 15 is 0 Å². The van der Waals surface area contributed by atoms with Gasteiger partial charge in [-0.2, -0.15) is 5.26 Å². The van der Waals surface area contributed by atoms with Gasteiger partial charge in [-0.25, -0.2) is 4.68 Å². The third kappa shape index (κ3) is 4.79. The molecule has 1 heterocycles. The van der Waals surface area contributed by atoms with E-state index in [1.165, 1.54) is 11.8 Å². The van der Waals surface area contributed by atoms with Gasteiger partial charge >= 0.3 is 0 Å². The van der Waals surface area contributed by atoms with Gasteiger partial charge in [0.1, 0.15) is 0 Å². The highest BCUT2D eigenvalue weighted by molar-refractivity contribution is 8.00. The molecule has 0 saturated carbocycles. The Hall–Kier alpha value is -2.40. The van der Waals surface area contributed by atoms with E-state index in [0.29, 0.717) is 11.7 Å². The maximum Gasteiger partial charge on any atom is 0.240 e. The number of hydrogen-bond donors (Lipinski definition) is 0. The van der Waals surface area contributed by atoms with Gasteiger partial charge in [-0.1, -0.05) is 29.5 Å². The zero-order valence-corrected chi connectivity index (χ0v) is 15.7. The van der Waals surface area contributed by atoms with Crippen LogP contribution < -0.4 is 4.90 Å². The molecule has 0 spiro atoms. The van der Waals surface area contributed by atoms with E-state index in [0.717, 1.165) is 11.3 Å². The first-order valence-corrected chi connectivity index (χ1v) is 9.01. The molecule has 2 aromatic rings. The first-order valence-electron chi connectivity index (χ1n) is 8.13. The highest BCUT2D eigenvalue weighted by Gasteiger charge is 2.25. The molecule has 132 valence electrons. The highest BCUT2D eigenvalue weighted by Crippen LogP contribution is 2.26. The summed E-state index contributed by atoms with van der Waals surface area (Å²) in [5.74, 6) is -0.0672. The minimum atomic E-state index is -0.372. The molecule has 1 amide bonds. The van der Waals surface area contributed by atoms with Crippen LogP contribution in [-0.2, 0) is 4.79 Å². The number of rotatable bonds is 7. The maximum absolute atomic E-state index is 13.0. The smallest absolute Gasteiger partial charge is 0.240 e. The number of aryl methyl sites for hydroxylation is 1. The normalized spacial score (nSPS) is 12.0. The van der Waals surface area contributed by atoms with Gasteiger partial charge in [-0.3, -0.25) is 4.79 Å². The molecule has 1 aromatic carbocycles. The standard InChI is InChI=1S/C17H22N6OS/c1-12(2)23-17(19-20-21-23)25-14(4)16(24)22(11-5-10-18)15-8-6-13(3)7-9-15/h6-9,12,14H,5,11H2,1-4H3/t14-/m0/s1. The van der Waals surface area contributed by atoms with Crippen LogP contribution in [0.2, 0.25) is 0 Å². The van der Waals surface area contributed by atoms with Crippen molar-refractivity contribution < 1.29 is 4.79 Å². The van der Waals surface area contributed by atoms with Crippen LogP contribution in [0.5, 0.6) is 0 Å². The number of amides is 1. The molecular weight excluding hydrogens is 336 g/mol. The Morgan fingerprint density at radius 2 is 2.00 bits per heavy atom. The quantitative estimate of drug-likeness (QED) is 0.707. The van der Waals surface area contributed by atoms with Crippen molar-refractivity contribution in [2.45, 2.75) is 50.6 Å². The number of nitriles is 1. The van der Waals surface area contributed by atoms with Crippen LogP contribution in [0.1, 0.15) is 38.8 Å². The summed E-state index contributed by atoms with van der Waals surface area (Å²) >= 11 is 1.33. The summed E-state index contributed by atoms with van der Waals surface area (Å²) in [6.45, 7) is 8.16.